The number of amides is 1. The van der Waals surface area contributed by atoms with Gasteiger partial charge in [0.2, 0.25) is 0 Å². The van der Waals surface area contributed by atoms with Gasteiger partial charge in [0.1, 0.15) is 0 Å². The summed E-state index contributed by atoms with van der Waals surface area (Å²) in [5, 5.41) is 0. The summed E-state index contributed by atoms with van der Waals surface area (Å²) in [6.07, 6.45) is 9.90. The summed E-state index contributed by atoms with van der Waals surface area (Å²) < 4.78 is 0. The standard InChI is InChI=1S/C18H27NO3/c1-3-4-5-6-7-8-9-11-16-12-10-13-17(14-16)18(21)19-22-15(2)20/h10,12-14H,3-9,11H2,1-2H3,(H,19,21). The summed E-state index contributed by atoms with van der Waals surface area (Å²) in [4.78, 5) is 27.0. The Hall–Kier alpha value is -1.84. The number of hydroxylamine groups is 1. The first-order valence-corrected chi connectivity index (χ1v) is 8.20. The monoisotopic (exact) mass is 305 g/mol. The summed E-state index contributed by atoms with van der Waals surface area (Å²) in [7, 11) is 0. The van der Waals surface area contributed by atoms with E-state index in [9.17, 15) is 9.59 Å². The van der Waals surface area contributed by atoms with E-state index in [0.717, 1.165) is 18.4 Å². The molecule has 22 heavy (non-hydrogen) atoms. The summed E-state index contributed by atoms with van der Waals surface area (Å²) in [6.45, 7) is 3.47. The molecule has 122 valence electrons. The van der Waals surface area contributed by atoms with Crippen LogP contribution in [-0.4, -0.2) is 11.9 Å². The molecule has 0 atom stereocenters. The van der Waals surface area contributed by atoms with Crippen LogP contribution < -0.4 is 5.48 Å². The maximum Gasteiger partial charge on any atom is 0.329 e. The van der Waals surface area contributed by atoms with Crippen molar-refractivity contribution in [1.82, 2.24) is 5.48 Å². The Morgan fingerprint density at radius 2 is 1.73 bits per heavy atom. The first-order chi connectivity index (χ1) is 10.6. The van der Waals surface area contributed by atoms with Crippen molar-refractivity contribution in [3.8, 4) is 0 Å². The molecule has 1 aromatic carbocycles. The number of benzene rings is 1. The molecule has 0 aliphatic heterocycles. The summed E-state index contributed by atoms with van der Waals surface area (Å²) in [5.74, 6) is -0.927. The number of carbonyl (C=O) groups excluding carboxylic acids is 2. The SMILES string of the molecule is CCCCCCCCCc1cccc(C(=O)NOC(C)=O)c1. The van der Waals surface area contributed by atoms with Crippen molar-refractivity contribution in [3.05, 3.63) is 35.4 Å². The fourth-order valence-corrected chi connectivity index (χ4v) is 2.33. The molecule has 0 unspecified atom stereocenters. The predicted octanol–water partition coefficient (Wildman–Crippen LogP) is 4.19. The fraction of sp³-hybridized carbons (Fsp3) is 0.556. The topological polar surface area (TPSA) is 55.4 Å². The molecule has 0 heterocycles. The van der Waals surface area contributed by atoms with Gasteiger partial charge >= 0.3 is 5.97 Å². The maximum atomic E-state index is 11.8. The quantitative estimate of drug-likeness (QED) is 0.550. The second-order valence-corrected chi connectivity index (χ2v) is 5.60. The predicted molar refractivity (Wildman–Crippen MR) is 87.4 cm³/mol. The van der Waals surface area contributed by atoms with Crippen LogP contribution in [-0.2, 0) is 16.1 Å². The number of unbranched alkanes of at least 4 members (excludes halogenated alkanes) is 6. The average molecular weight is 305 g/mol. The van der Waals surface area contributed by atoms with Gasteiger partial charge in [0, 0.05) is 12.5 Å². The third-order valence-corrected chi connectivity index (χ3v) is 3.55. The van der Waals surface area contributed by atoms with Crippen molar-refractivity contribution in [1.29, 1.82) is 0 Å². The van der Waals surface area contributed by atoms with Crippen molar-refractivity contribution in [3.63, 3.8) is 0 Å². The highest BCUT2D eigenvalue weighted by Gasteiger charge is 2.07. The molecule has 0 fully saturated rings. The van der Waals surface area contributed by atoms with Gasteiger partial charge in [-0.15, -0.1) is 0 Å². The van der Waals surface area contributed by atoms with Crippen molar-refractivity contribution in [2.45, 2.75) is 65.2 Å². The Morgan fingerprint density at radius 1 is 1.05 bits per heavy atom. The largest absolute Gasteiger partial charge is 0.341 e. The van der Waals surface area contributed by atoms with Gasteiger partial charge in [-0.25, -0.2) is 0 Å². The lowest BCUT2D eigenvalue weighted by atomic mass is 10.0. The van der Waals surface area contributed by atoms with Crippen LogP contribution in [0.1, 0.15) is 74.7 Å². The molecule has 0 aromatic heterocycles. The minimum Gasteiger partial charge on any atom is -0.341 e. The molecular weight excluding hydrogens is 278 g/mol. The third kappa shape index (κ3) is 7.81. The van der Waals surface area contributed by atoms with E-state index in [-0.39, 0.29) is 0 Å². The van der Waals surface area contributed by atoms with Crippen LogP contribution in [0.5, 0.6) is 0 Å². The number of nitrogens with one attached hydrogen (secondary N) is 1. The molecule has 0 radical (unpaired) electrons. The van der Waals surface area contributed by atoms with Gasteiger partial charge in [-0.05, 0) is 30.5 Å². The highest BCUT2D eigenvalue weighted by Crippen LogP contribution is 2.12. The van der Waals surface area contributed by atoms with Crippen LogP contribution in [0.3, 0.4) is 0 Å². The van der Waals surface area contributed by atoms with Crippen molar-refractivity contribution in [2.24, 2.45) is 0 Å². The van der Waals surface area contributed by atoms with Crippen LogP contribution in [0.4, 0.5) is 0 Å². The zero-order chi connectivity index (χ0) is 16.2. The Labute approximate surface area is 133 Å². The van der Waals surface area contributed by atoms with Gasteiger partial charge in [-0.1, -0.05) is 57.6 Å². The van der Waals surface area contributed by atoms with E-state index in [1.54, 1.807) is 6.07 Å². The number of aryl methyl sites for hydroxylation is 1. The first-order valence-electron chi connectivity index (χ1n) is 8.20. The molecular formula is C18H27NO3. The highest BCUT2D eigenvalue weighted by atomic mass is 16.7. The van der Waals surface area contributed by atoms with Gasteiger partial charge in [0.15, 0.2) is 0 Å². The minimum absolute atomic E-state index is 0.392. The molecule has 0 bridgehead atoms. The molecule has 1 aromatic rings. The van der Waals surface area contributed by atoms with Crippen molar-refractivity contribution >= 4 is 11.9 Å². The molecule has 1 rings (SSSR count). The second kappa shape index (κ2) is 10.8. The van der Waals surface area contributed by atoms with E-state index >= 15 is 0 Å². The zero-order valence-corrected chi connectivity index (χ0v) is 13.7. The van der Waals surface area contributed by atoms with E-state index in [4.69, 9.17) is 0 Å². The van der Waals surface area contributed by atoms with E-state index < -0.39 is 11.9 Å². The van der Waals surface area contributed by atoms with E-state index in [0.29, 0.717) is 5.56 Å². The molecule has 0 saturated carbocycles. The van der Waals surface area contributed by atoms with Crippen LogP contribution in [0, 0.1) is 0 Å². The highest BCUT2D eigenvalue weighted by molar-refractivity contribution is 5.94. The molecule has 0 spiro atoms. The van der Waals surface area contributed by atoms with Gasteiger partial charge < -0.3 is 4.84 Å². The van der Waals surface area contributed by atoms with Crippen LogP contribution in [0.15, 0.2) is 24.3 Å². The number of carbonyl (C=O) groups is 2. The third-order valence-electron chi connectivity index (χ3n) is 3.55. The van der Waals surface area contributed by atoms with Gasteiger partial charge in [-0.3, -0.25) is 9.59 Å². The molecule has 0 saturated heterocycles. The smallest absolute Gasteiger partial charge is 0.329 e. The second-order valence-electron chi connectivity index (χ2n) is 5.60. The lowest BCUT2D eigenvalue weighted by molar-refractivity contribution is -0.146. The maximum absolute atomic E-state index is 11.8. The Kier molecular flexibility index (Phi) is 8.96. The van der Waals surface area contributed by atoms with E-state index in [1.165, 1.54) is 45.4 Å². The summed E-state index contributed by atoms with van der Waals surface area (Å²) >= 11 is 0. The molecule has 1 N–H and O–H groups in total. The normalized spacial score (nSPS) is 10.3. The molecule has 0 aliphatic carbocycles. The van der Waals surface area contributed by atoms with Crippen molar-refractivity contribution in [2.75, 3.05) is 0 Å². The molecule has 1 amide bonds. The first kappa shape index (κ1) is 18.2. The number of hydrogen-bond acceptors (Lipinski definition) is 3. The lowest BCUT2D eigenvalue weighted by Gasteiger charge is -2.06. The van der Waals surface area contributed by atoms with Crippen molar-refractivity contribution < 1.29 is 14.4 Å². The molecule has 4 nitrogen and oxygen atoms in total. The minimum atomic E-state index is -0.535. The molecule has 4 heteroatoms. The van der Waals surface area contributed by atoms with E-state index in [2.05, 4.69) is 17.2 Å². The fourth-order valence-electron chi connectivity index (χ4n) is 2.33. The number of rotatable bonds is 9. The lowest BCUT2D eigenvalue weighted by Crippen LogP contribution is -2.25. The Morgan fingerprint density at radius 3 is 2.41 bits per heavy atom. The Balaban J connectivity index is 2.31. The molecule has 0 aliphatic rings. The Bertz CT molecular complexity index is 471. The van der Waals surface area contributed by atoms with E-state index in [1.807, 2.05) is 18.2 Å². The average Bonchev–Trinajstić information content (AvgIpc) is 2.52. The van der Waals surface area contributed by atoms with Crippen LogP contribution in [0.25, 0.3) is 0 Å². The van der Waals surface area contributed by atoms with Crippen LogP contribution >= 0.6 is 0 Å². The van der Waals surface area contributed by atoms with Gasteiger partial charge in [-0.2, -0.15) is 5.48 Å². The van der Waals surface area contributed by atoms with Gasteiger partial charge in [0.05, 0.1) is 0 Å². The van der Waals surface area contributed by atoms with Crippen LogP contribution in [0.2, 0.25) is 0 Å². The zero-order valence-electron chi connectivity index (χ0n) is 13.7. The summed E-state index contributed by atoms with van der Waals surface area (Å²) in [6, 6.07) is 7.46. The number of hydrogen-bond donors (Lipinski definition) is 1. The summed E-state index contributed by atoms with van der Waals surface area (Å²) in [5.41, 5.74) is 3.79. The van der Waals surface area contributed by atoms with Gasteiger partial charge in [0.25, 0.3) is 5.91 Å².